The van der Waals surface area contributed by atoms with Gasteiger partial charge in [0.25, 0.3) is 0 Å². The molecule has 1 unspecified atom stereocenters. The van der Waals surface area contributed by atoms with Gasteiger partial charge in [-0.3, -0.25) is 9.89 Å². The number of hydrogen-bond donors (Lipinski definition) is 3. The molecule has 1 aromatic heterocycles. The molecule has 0 bridgehead atoms. The van der Waals surface area contributed by atoms with Crippen LogP contribution in [0.25, 0.3) is 5.69 Å². The van der Waals surface area contributed by atoms with Gasteiger partial charge in [-0.05, 0) is 57.8 Å². The van der Waals surface area contributed by atoms with Crippen molar-refractivity contribution in [3.8, 4) is 11.8 Å². The third-order valence-electron chi connectivity index (χ3n) is 5.70. The molecule has 2 heterocycles. The highest BCUT2D eigenvalue weighted by Crippen LogP contribution is 2.21. The van der Waals surface area contributed by atoms with Gasteiger partial charge in [0.15, 0.2) is 5.96 Å². The van der Waals surface area contributed by atoms with Crippen LogP contribution in [0.5, 0.6) is 0 Å². The standard InChI is InChI=1S/C23H34N8.HI/c1-3-26-23(28-17-19-12-9-15-30(19)4-2)27-14-8-13-21-20(16-24)22(25)31(29-21)18-10-6-5-7-11-18;/h5-7,10-11,19H,3-4,8-9,12-15,17,25H2,1-2H3,(H2,26,27,28);1H. The molecule has 1 aromatic carbocycles. The zero-order valence-electron chi connectivity index (χ0n) is 19.0. The zero-order chi connectivity index (χ0) is 22.1. The number of anilines is 1. The van der Waals surface area contributed by atoms with Crippen molar-refractivity contribution in [2.45, 2.75) is 45.6 Å². The average Bonchev–Trinajstić information content (AvgIpc) is 3.38. The molecule has 9 heteroatoms. The molecule has 32 heavy (non-hydrogen) atoms. The number of likely N-dealkylation sites (N-methyl/N-ethyl adjacent to an activating group) is 1. The lowest BCUT2D eigenvalue weighted by Crippen LogP contribution is -2.39. The second-order valence-corrected chi connectivity index (χ2v) is 7.74. The molecule has 0 saturated carbocycles. The summed E-state index contributed by atoms with van der Waals surface area (Å²) in [6, 6.07) is 12.4. The molecule has 0 amide bonds. The summed E-state index contributed by atoms with van der Waals surface area (Å²) < 4.78 is 1.65. The fourth-order valence-electron chi connectivity index (χ4n) is 4.06. The number of halogens is 1. The number of nitrogens with zero attached hydrogens (tertiary/aromatic N) is 5. The Hall–Kier alpha value is -2.32. The van der Waals surface area contributed by atoms with Crippen molar-refractivity contribution in [2.24, 2.45) is 4.99 Å². The van der Waals surface area contributed by atoms with Crippen LogP contribution in [0.2, 0.25) is 0 Å². The lowest BCUT2D eigenvalue weighted by Gasteiger charge is -2.21. The first kappa shape index (κ1) is 25.9. The van der Waals surface area contributed by atoms with Gasteiger partial charge < -0.3 is 16.4 Å². The SMILES string of the molecule is CCNC(=NCC1CCCN1CC)NCCCc1nn(-c2ccccc2)c(N)c1C#N.I. The maximum absolute atomic E-state index is 9.56. The number of nitrogen functional groups attached to an aromatic ring is 1. The number of hydrogen-bond acceptors (Lipinski definition) is 5. The first-order valence-corrected chi connectivity index (χ1v) is 11.3. The van der Waals surface area contributed by atoms with Crippen LogP contribution in [0, 0.1) is 11.3 Å². The molecule has 1 aliphatic rings. The van der Waals surface area contributed by atoms with E-state index in [1.54, 1.807) is 4.68 Å². The van der Waals surface area contributed by atoms with E-state index < -0.39 is 0 Å². The molecule has 174 valence electrons. The number of para-hydroxylation sites is 1. The molecule has 0 aliphatic carbocycles. The lowest BCUT2D eigenvalue weighted by molar-refractivity contribution is 0.273. The highest BCUT2D eigenvalue weighted by atomic mass is 127. The minimum atomic E-state index is 0. The first-order valence-electron chi connectivity index (χ1n) is 11.3. The van der Waals surface area contributed by atoms with Crippen LogP contribution in [-0.4, -0.2) is 59.4 Å². The van der Waals surface area contributed by atoms with E-state index in [1.165, 1.54) is 19.4 Å². The molecule has 0 spiro atoms. The number of aromatic nitrogens is 2. The number of likely N-dealkylation sites (tertiary alicyclic amines) is 1. The van der Waals surface area contributed by atoms with Crippen LogP contribution in [0.1, 0.15) is 44.4 Å². The number of guanidine groups is 1. The summed E-state index contributed by atoms with van der Waals surface area (Å²) in [6.07, 6.45) is 3.98. The van der Waals surface area contributed by atoms with Crippen LogP contribution in [0.3, 0.4) is 0 Å². The van der Waals surface area contributed by atoms with Crippen molar-refractivity contribution in [3.05, 3.63) is 41.6 Å². The van der Waals surface area contributed by atoms with Gasteiger partial charge in [0.05, 0.1) is 17.9 Å². The Labute approximate surface area is 208 Å². The minimum Gasteiger partial charge on any atom is -0.382 e. The summed E-state index contributed by atoms with van der Waals surface area (Å²) in [5.74, 6) is 1.24. The molecule has 0 radical (unpaired) electrons. The normalized spacial score (nSPS) is 16.4. The third-order valence-corrected chi connectivity index (χ3v) is 5.70. The lowest BCUT2D eigenvalue weighted by atomic mass is 10.1. The van der Waals surface area contributed by atoms with Crippen LogP contribution in [0.4, 0.5) is 5.82 Å². The molecule has 1 atom stereocenters. The fourth-order valence-corrected chi connectivity index (χ4v) is 4.06. The van der Waals surface area contributed by atoms with E-state index in [2.05, 4.69) is 40.5 Å². The summed E-state index contributed by atoms with van der Waals surface area (Å²) in [6.45, 7) is 8.95. The molecule has 8 nitrogen and oxygen atoms in total. The summed E-state index contributed by atoms with van der Waals surface area (Å²) in [7, 11) is 0. The second-order valence-electron chi connectivity index (χ2n) is 7.74. The van der Waals surface area contributed by atoms with E-state index in [0.717, 1.165) is 49.9 Å². The highest BCUT2D eigenvalue weighted by Gasteiger charge is 2.22. The summed E-state index contributed by atoms with van der Waals surface area (Å²) >= 11 is 0. The topological polar surface area (TPSA) is 107 Å². The first-order chi connectivity index (χ1) is 15.2. The number of nitriles is 1. The highest BCUT2D eigenvalue weighted by molar-refractivity contribution is 14.0. The Morgan fingerprint density at radius 1 is 1.28 bits per heavy atom. The average molecular weight is 550 g/mol. The molecule has 1 saturated heterocycles. The fraction of sp³-hybridized carbons (Fsp3) is 0.522. The second kappa shape index (κ2) is 13.3. The van der Waals surface area contributed by atoms with E-state index in [4.69, 9.17) is 10.7 Å². The summed E-state index contributed by atoms with van der Waals surface area (Å²) in [5.41, 5.74) is 8.24. The maximum atomic E-state index is 9.56. The van der Waals surface area contributed by atoms with Gasteiger partial charge in [-0.15, -0.1) is 24.0 Å². The van der Waals surface area contributed by atoms with Crippen LogP contribution < -0.4 is 16.4 Å². The molecule has 1 aliphatic heterocycles. The minimum absolute atomic E-state index is 0. The van der Waals surface area contributed by atoms with E-state index >= 15 is 0 Å². The Bertz CT molecular complexity index is 903. The predicted molar refractivity (Wildman–Crippen MR) is 141 cm³/mol. The van der Waals surface area contributed by atoms with Gasteiger partial charge in [-0.1, -0.05) is 25.1 Å². The summed E-state index contributed by atoms with van der Waals surface area (Å²) in [5, 5.41) is 20.9. The van der Waals surface area contributed by atoms with Gasteiger partial charge in [-0.25, -0.2) is 4.68 Å². The number of benzene rings is 1. The van der Waals surface area contributed by atoms with Gasteiger partial charge in [0, 0.05) is 19.1 Å². The number of rotatable bonds is 9. The molecular weight excluding hydrogens is 515 g/mol. The maximum Gasteiger partial charge on any atom is 0.191 e. The number of nitrogens with one attached hydrogen (secondary N) is 2. The molecular formula is C23H35IN8. The zero-order valence-corrected chi connectivity index (χ0v) is 21.4. The summed E-state index contributed by atoms with van der Waals surface area (Å²) in [4.78, 5) is 7.29. The van der Waals surface area contributed by atoms with E-state index in [0.29, 0.717) is 23.8 Å². The van der Waals surface area contributed by atoms with Gasteiger partial charge in [0.1, 0.15) is 17.5 Å². The van der Waals surface area contributed by atoms with Crippen LogP contribution >= 0.6 is 24.0 Å². The molecule has 1 fully saturated rings. The van der Waals surface area contributed by atoms with Crippen molar-refractivity contribution >= 4 is 35.8 Å². The van der Waals surface area contributed by atoms with E-state index in [1.807, 2.05) is 30.3 Å². The van der Waals surface area contributed by atoms with E-state index in [-0.39, 0.29) is 24.0 Å². The molecule has 4 N–H and O–H groups in total. The quantitative estimate of drug-likeness (QED) is 0.192. The van der Waals surface area contributed by atoms with Crippen LogP contribution in [-0.2, 0) is 6.42 Å². The van der Waals surface area contributed by atoms with Gasteiger partial charge in [0.2, 0.25) is 0 Å². The predicted octanol–water partition coefficient (Wildman–Crippen LogP) is 2.92. The molecule has 2 aromatic rings. The largest absolute Gasteiger partial charge is 0.382 e. The van der Waals surface area contributed by atoms with Gasteiger partial charge in [-0.2, -0.15) is 10.4 Å². The number of nitrogens with two attached hydrogens (primary N) is 1. The Balaban J connectivity index is 0.00000363. The van der Waals surface area contributed by atoms with Crippen molar-refractivity contribution in [1.29, 1.82) is 5.26 Å². The number of aliphatic imine (C=N–C) groups is 1. The smallest absolute Gasteiger partial charge is 0.191 e. The van der Waals surface area contributed by atoms with Crippen LogP contribution in [0.15, 0.2) is 35.3 Å². The molecule has 3 rings (SSSR count). The van der Waals surface area contributed by atoms with Crippen molar-refractivity contribution < 1.29 is 0 Å². The number of aryl methyl sites for hydroxylation is 1. The van der Waals surface area contributed by atoms with Crippen molar-refractivity contribution in [2.75, 3.05) is 38.5 Å². The Kier molecular flexibility index (Phi) is 10.8. The monoisotopic (exact) mass is 550 g/mol. The van der Waals surface area contributed by atoms with Crippen molar-refractivity contribution in [1.82, 2.24) is 25.3 Å². The Morgan fingerprint density at radius 2 is 2.06 bits per heavy atom. The van der Waals surface area contributed by atoms with Crippen molar-refractivity contribution in [3.63, 3.8) is 0 Å². The van der Waals surface area contributed by atoms with E-state index in [9.17, 15) is 5.26 Å². The Morgan fingerprint density at radius 3 is 2.75 bits per heavy atom. The van der Waals surface area contributed by atoms with Gasteiger partial charge >= 0.3 is 0 Å². The third kappa shape index (κ3) is 6.59.